The van der Waals surface area contributed by atoms with E-state index >= 15 is 0 Å². The van der Waals surface area contributed by atoms with E-state index in [9.17, 15) is 9.59 Å². The molecule has 0 heterocycles. The van der Waals surface area contributed by atoms with Gasteiger partial charge in [0, 0.05) is 6.54 Å². The standard InChI is InChI=1S/C12H14O4.C7H9N/c1-16-12(15)10(8-11(13)14)7-9-5-3-2-4-6-9;8-6-7-4-2-1-3-5-7/h2-6,10H,7-8H2,1H3,(H,13,14);1-5H,6,8H2/t10-;/m0./s1. The Labute approximate surface area is 142 Å². The van der Waals surface area contributed by atoms with Crippen LogP contribution in [-0.2, 0) is 27.3 Å². The molecule has 0 aliphatic carbocycles. The molecular weight excluding hydrogens is 306 g/mol. The van der Waals surface area contributed by atoms with Gasteiger partial charge in [-0.15, -0.1) is 0 Å². The highest BCUT2D eigenvalue weighted by atomic mass is 16.5. The zero-order valence-corrected chi connectivity index (χ0v) is 13.7. The lowest BCUT2D eigenvalue weighted by Gasteiger charge is -2.12. The fourth-order valence-corrected chi connectivity index (χ4v) is 2.13. The lowest BCUT2D eigenvalue weighted by molar-refractivity contribution is -0.150. The van der Waals surface area contributed by atoms with Gasteiger partial charge in [-0.1, -0.05) is 60.7 Å². The van der Waals surface area contributed by atoms with Gasteiger partial charge in [-0.25, -0.2) is 0 Å². The summed E-state index contributed by atoms with van der Waals surface area (Å²) in [5.41, 5.74) is 7.47. The molecule has 24 heavy (non-hydrogen) atoms. The van der Waals surface area contributed by atoms with Gasteiger partial charge in [0.05, 0.1) is 19.4 Å². The molecule has 0 aliphatic rings. The van der Waals surface area contributed by atoms with Gasteiger partial charge in [0.25, 0.3) is 0 Å². The van der Waals surface area contributed by atoms with Crippen LogP contribution in [0.3, 0.4) is 0 Å². The van der Waals surface area contributed by atoms with Crippen LogP contribution < -0.4 is 5.73 Å². The first-order valence-corrected chi connectivity index (χ1v) is 7.64. The van der Waals surface area contributed by atoms with Crippen molar-refractivity contribution >= 4 is 11.9 Å². The summed E-state index contributed by atoms with van der Waals surface area (Å²) in [5, 5.41) is 8.70. The number of rotatable bonds is 6. The number of esters is 1. The molecule has 2 rings (SSSR count). The van der Waals surface area contributed by atoms with E-state index in [1.807, 2.05) is 60.7 Å². The molecule has 0 amide bonds. The first-order chi connectivity index (χ1) is 11.6. The van der Waals surface area contributed by atoms with Crippen molar-refractivity contribution in [3.63, 3.8) is 0 Å². The van der Waals surface area contributed by atoms with E-state index in [2.05, 4.69) is 4.74 Å². The Bertz CT molecular complexity index is 614. The molecule has 5 nitrogen and oxygen atoms in total. The van der Waals surface area contributed by atoms with Crippen molar-refractivity contribution in [3.8, 4) is 0 Å². The van der Waals surface area contributed by atoms with Crippen LogP contribution in [0.4, 0.5) is 0 Å². The summed E-state index contributed by atoms with van der Waals surface area (Å²) >= 11 is 0. The van der Waals surface area contributed by atoms with Gasteiger partial charge in [-0.3, -0.25) is 9.59 Å². The molecule has 128 valence electrons. The Balaban J connectivity index is 0.000000300. The first kappa shape index (κ1) is 19.4. The van der Waals surface area contributed by atoms with Crippen molar-refractivity contribution in [1.82, 2.24) is 0 Å². The summed E-state index contributed by atoms with van der Waals surface area (Å²) < 4.78 is 4.58. The molecule has 0 saturated heterocycles. The average molecular weight is 329 g/mol. The molecule has 2 aromatic rings. The third-order valence-corrected chi connectivity index (χ3v) is 3.36. The minimum Gasteiger partial charge on any atom is -0.481 e. The SMILES string of the molecule is COC(=O)[C@H](CC(=O)O)Cc1ccccc1.NCc1ccccc1. The van der Waals surface area contributed by atoms with Gasteiger partial charge < -0.3 is 15.6 Å². The Morgan fingerprint density at radius 3 is 1.88 bits per heavy atom. The normalized spacial score (nSPS) is 10.9. The third-order valence-electron chi connectivity index (χ3n) is 3.36. The fraction of sp³-hybridized carbons (Fsp3) is 0.263. The van der Waals surface area contributed by atoms with E-state index in [1.54, 1.807) is 0 Å². The van der Waals surface area contributed by atoms with Gasteiger partial charge in [-0.2, -0.15) is 0 Å². The maximum absolute atomic E-state index is 11.4. The van der Waals surface area contributed by atoms with Crippen molar-refractivity contribution in [2.24, 2.45) is 11.7 Å². The second kappa shape index (κ2) is 11.0. The van der Waals surface area contributed by atoms with E-state index < -0.39 is 17.9 Å². The Kier molecular flexibility index (Phi) is 8.86. The summed E-state index contributed by atoms with van der Waals surface area (Å²) in [4.78, 5) is 22.0. The molecule has 0 spiro atoms. The van der Waals surface area contributed by atoms with Crippen LogP contribution >= 0.6 is 0 Å². The van der Waals surface area contributed by atoms with Crippen molar-refractivity contribution in [2.45, 2.75) is 19.4 Å². The fourth-order valence-electron chi connectivity index (χ4n) is 2.13. The second-order valence-electron chi connectivity index (χ2n) is 5.20. The predicted molar refractivity (Wildman–Crippen MR) is 92.2 cm³/mol. The van der Waals surface area contributed by atoms with Gasteiger partial charge in [0.2, 0.25) is 0 Å². The van der Waals surface area contributed by atoms with Gasteiger partial charge in [0.15, 0.2) is 0 Å². The zero-order valence-electron chi connectivity index (χ0n) is 13.7. The monoisotopic (exact) mass is 329 g/mol. The average Bonchev–Trinajstić information content (AvgIpc) is 2.62. The van der Waals surface area contributed by atoms with Crippen LogP contribution in [0, 0.1) is 5.92 Å². The molecule has 0 bridgehead atoms. The molecular formula is C19H23NO4. The highest BCUT2D eigenvalue weighted by Crippen LogP contribution is 2.14. The number of aliphatic carboxylic acids is 1. The van der Waals surface area contributed by atoms with E-state index in [0.29, 0.717) is 13.0 Å². The Morgan fingerprint density at radius 1 is 1.00 bits per heavy atom. The zero-order chi connectivity index (χ0) is 17.8. The molecule has 3 N–H and O–H groups in total. The minimum absolute atomic E-state index is 0.207. The highest BCUT2D eigenvalue weighted by molar-refractivity contribution is 5.79. The van der Waals surface area contributed by atoms with E-state index in [-0.39, 0.29) is 6.42 Å². The number of carboxylic acids is 1. The van der Waals surface area contributed by atoms with Crippen LogP contribution in [0.25, 0.3) is 0 Å². The van der Waals surface area contributed by atoms with E-state index in [0.717, 1.165) is 5.56 Å². The van der Waals surface area contributed by atoms with Crippen LogP contribution in [0.1, 0.15) is 17.5 Å². The molecule has 0 aliphatic heterocycles. The van der Waals surface area contributed by atoms with Crippen molar-refractivity contribution in [3.05, 3.63) is 71.8 Å². The number of benzene rings is 2. The number of carbonyl (C=O) groups is 2. The maximum Gasteiger partial charge on any atom is 0.309 e. The minimum atomic E-state index is -0.994. The second-order valence-corrected chi connectivity index (χ2v) is 5.20. The smallest absolute Gasteiger partial charge is 0.309 e. The third kappa shape index (κ3) is 7.56. The Hall–Kier alpha value is -2.66. The molecule has 0 aromatic heterocycles. The first-order valence-electron chi connectivity index (χ1n) is 7.64. The maximum atomic E-state index is 11.4. The molecule has 0 fully saturated rings. The number of methoxy groups -OCH3 is 1. The molecule has 5 heteroatoms. The van der Waals surface area contributed by atoms with Gasteiger partial charge in [-0.05, 0) is 17.5 Å². The lowest BCUT2D eigenvalue weighted by Crippen LogP contribution is -2.21. The number of nitrogens with two attached hydrogens (primary N) is 1. The molecule has 2 aromatic carbocycles. The lowest BCUT2D eigenvalue weighted by atomic mass is 9.96. The molecule has 0 radical (unpaired) electrons. The summed E-state index contributed by atoms with van der Waals surface area (Å²) in [6.45, 7) is 0.640. The largest absolute Gasteiger partial charge is 0.481 e. The summed E-state index contributed by atoms with van der Waals surface area (Å²) in [6, 6.07) is 19.3. The number of ether oxygens (including phenoxy) is 1. The predicted octanol–water partition coefficient (Wildman–Crippen LogP) is 2.64. The molecule has 0 unspecified atom stereocenters. The number of hydrogen-bond donors (Lipinski definition) is 2. The van der Waals surface area contributed by atoms with Gasteiger partial charge >= 0.3 is 11.9 Å². The number of carbonyl (C=O) groups excluding carboxylic acids is 1. The summed E-state index contributed by atoms with van der Waals surface area (Å²) in [6.07, 6.45) is 0.182. The number of carboxylic acid groups (broad SMARTS) is 1. The quantitative estimate of drug-likeness (QED) is 0.795. The van der Waals surface area contributed by atoms with Crippen LogP contribution in [-0.4, -0.2) is 24.2 Å². The summed E-state index contributed by atoms with van der Waals surface area (Å²) in [7, 11) is 1.27. The van der Waals surface area contributed by atoms with E-state index in [1.165, 1.54) is 12.7 Å². The molecule has 0 saturated carbocycles. The van der Waals surface area contributed by atoms with Crippen LogP contribution in [0.5, 0.6) is 0 Å². The summed E-state index contributed by atoms with van der Waals surface area (Å²) in [5.74, 6) is -2.09. The van der Waals surface area contributed by atoms with Crippen LogP contribution in [0.2, 0.25) is 0 Å². The number of hydrogen-bond acceptors (Lipinski definition) is 4. The van der Waals surface area contributed by atoms with Crippen molar-refractivity contribution in [1.29, 1.82) is 0 Å². The highest BCUT2D eigenvalue weighted by Gasteiger charge is 2.22. The molecule has 1 atom stereocenters. The Morgan fingerprint density at radius 2 is 1.50 bits per heavy atom. The van der Waals surface area contributed by atoms with Gasteiger partial charge in [0.1, 0.15) is 0 Å². The van der Waals surface area contributed by atoms with Crippen molar-refractivity contribution in [2.75, 3.05) is 7.11 Å². The topological polar surface area (TPSA) is 89.6 Å². The van der Waals surface area contributed by atoms with Crippen LogP contribution in [0.15, 0.2) is 60.7 Å². The van der Waals surface area contributed by atoms with Crippen molar-refractivity contribution < 1.29 is 19.4 Å². The van der Waals surface area contributed by atoms with E-state index in [4.69, 9.17) is 10.8 Å².